The van der Waals surface area contributed by atoms with Gasteiger partial charge in [0.2, 0.25) is 0 Å². The summed E-state index contributed by atoms with van der Waals surface area (Å²) in [5.74, 6) is 0.279. The van der Waals surface area contributed by atoms with Crippen LogP contribution in [0.4, 0.5) is 8.78 Å². The molecule has 0 radical (unpaired) electrons. The molecule has 1 aromatic carbocycles. The van der Waals surface area contributed by atoms with Gasteiger partial charge in [-0.05, 0) is 47.9 Å². The van der Waals surface area contributed by atoms with E-state index in [1.165, 1.54) is 12.1 Å². The molecule has 0 amide bonds. The average Bonchev–Trinajstić information content (AvgIpc) is 2.99. The predicted octanol–water partition coefficient (Wildman–Crippen LogP) is 4.41. The molecule has 7 heteroatoms. The normalized spacial score (nSPS) is 20.0. The molecule has 4 nitrogen and oxygen atoms in total. The summed E-state index contributed by atoms with van der Waals surface area (Å²) >= 11 is 5.84. The number of hydrazone groups is 1. The summed E-state index contributed by atoms with van der Waals surface area (Å²) in [4.78, 5) is 4.12. The summed E-state index contributed by atoms with van der Waals surface area (Å²) in [7, 11) is 0. The van der Waals surface area contributed by atoms with Crippen molar-refractivity contribution in [2.75, 3.05) is 0 Å². The fourth-order valence-electron chi connectivity index (χ4n) is 2.86. The van der Waals surface area contributed by atoms with Crippen LogP contribution in [0, 0.1) is 5.92 Å². The number of nitrogens with zero attached hydrogens (tertiary/aromatic N) is 2. The second kappa shape index (κ2) is 7.13. The number of aromatic nitrogens is 1. The van der Waals surface area contributed by atoms with Crippen LogP contribution in [-0.2, 0) is 0 Å². The van der Waals surface area contributed by atoms with E-state index in [0.717, 1.165) is 23.3 Å². The van der Waals surface area contributed by atoms with E-state index in [9.17, 15) is 8.78 Å². The number of hydrogen-bond donors (Lipinski definition) is 1. The molecule has 1 N–H and O–H groups in total. The highest BCUT2D eigenvalue weighted by molar-refractivity contribution is 6.29. The van der Waals surface area contributed by atoms with Crippen molar-refractivity contribution in [1.29, 1.82) is 0 Å². The average molecular weight is 352 g/mol. The van der Waals surface area contributed by atoms with Crippen molar-refractivity contribution < 1.29 is 13.5 Å². The van der Waals surface area contributed by atoms with Gasteiger partial charge in [-0.15, -0.1) is 0 Å². The fourth-order valence-corrected chi connectivity index (χ4v) is 2.97. The lowest BCUT2D eigenvalue weighted by molar-refractivity contribution is -0.0498. The van der Waals surface area contributed by atoms with Gasteiger partial charge < -0.3 is 10.2 Å². The van der Waals surface area contributed by atoms with E-state index >= 15 is 0 Å². The number of ether oxygens (including phenoxy) is 1. The van der Waals surface area contributed by atoms with Crippen LogP contribution in [0.5, 0.6) is 5.75 Å². The Morgan fingerprint density at radius 3 is 2.54 bits per heavy atom. The van der Waals surface area contributed by atoms with Gasteiger partial charge in [-0.25, -0.2) is 4.98 Å². The molecular formula is C17H16ClF2N3O. The standard InChI is InChI=1S/C17H16ClF2N3O/c1-2-13-15(10-3-6-12(7-4-10)24-17(19)20)22-23-16(13)11-5-8-14(18)21-9-11/h3-9,13,16-17,23H,2H2,1H3. The number of benzene rings is 1. The molecule has 0 fully saturated rings. The molecule has 0 saturated heterocycles. The molecule has 126 valence electrons. The minimum Gasteiger partial charge on any atom is -0.435 e. The Labute approximate surface area is 143 Å². The van der Waals surface area contributed by atoms with Crippen LogP contribution in [0.2, 0.25) is 5.15 Å². The first-order valence-corrected chi connectivity index (χ1v) is 7.96. The molecule has 0 spiro atoms. The molecule has 2 heterocycles. The Hall–Kier alpha value is -2.21. The summed E-state index contributed by atoms with van der Waals surface area (Å²) < 4.78 is 28.8. The summed E-state index contributed by atoms with van der Waals surface area (Å²) in [6.07, 6.45) is 2.61. The highest BCUT2D eigenvalue weighted by Crippen LogP contribution is 2.33. The minimum absolute atomic E-state index is 0.00626. The van der Waals surface area contributed by atoms with Gasteiger partial charge in [-0.3, -0.25) is 0 Å². The first-order chi connectivity index (χ1) is 11.6. The molecule has 24 heavy (non-hydrogen) atoms. The Morgan fingerprint density at radius 2 is 1.96 bits per heavy atom. The van der Waals surface area contributed by atoms with E-state index in [1.54, 1.807) is 24.4 Å². The second-order valence-corrected chi connectivity index (χ2v) is 5.82. The van der Waals surface area contributed by atoms with Gasteiger partial charge in [-0.1, -0.05) is 24.6 Å². The molecule has 2 unspecified atom stereocenters. The van der Waals surface area contributed by atoms with Crippen molar-refractivity contribution in [3.05, 3.63) is 58.9 Å². The molecular weight excluding hydrogens is 336 g/mol. The van der Waals surface area contributed by atoms with Crippen LogP contribution in [-0.4, -0.2) is 17.3 Å². The smallest absolute Gasteiger partial charge is 0.387 e. The van der Waals surface area contributed by atoms with Crippen LogP contribution < -0.4 is 10.2 Å². The van der Waals surface area contributed by atoms with E-state index < -0.39 is 6.61 Å². The van der Waals surface area contributed by atoms with Gasteiger partial charge in [-0.2, -0.15) is 13.9 Å². The van der Waals surface area contributed by atoms with Crippen LogP contribution in [0.15, 0.2) is 47.7 Å². The molecule has 1 aromatic heterocycles. The monoisotopic (exact) mass is 351 g/mol. The predicted molar refractivity (Wildman–Crippen MR) is 88.5 cm³/mol. The number of hydrogen-bond acceptors (Lipinski definition) is 4. The number of pyridine rings is 1. The van der Waals surface area contributed by atoms with Crippen molar-refractivity contribution in [3.8, 4) is 5.75 Å². The Kier molecular flexibility index (Phi) is 4.94. The van der Waals surface area contributed by atoms with Crippen molar-refractivity contribution >= 4 is 17.3 Å². The van der Waals surface area contributed by atoms with Crippen LogP contribution in [0.25, 0.3) is 0 Å². The topological polar surface area (TPSA) is 46.5 Å². The van der Waals surface area contributed by atoms with E-state index in [-0.39, 0.29) is 17.7 Å². The molecule has 0 bridgehead atoms. The number of nitrogens with one attached hydrogen (secondary N) is 1. The zero-order valence-electron chi connectivity index (χ0n) is 12.9. The zero-order valence-corrected chi connectivity index (χ0v) is 13.7. The maximum Gasteiger partial charge on any atom is 0.387 e. The molecule has 3 rings (SSSR count). The molecule has 2 aromatic rings. The van der Waals surface area contributed by atoms with Crippen molar-refractivity contribution in [2.45, 2.75) is 26.0 Å². The number of halogens is 3. The second-order valence-electron chi connectivity index (χ2n) is 5.44. The maximum absolute atomic E-state index is 12.2. The van der Waals surface area contributed by atoms with Crippen LogP contribution in [0.3, 0.4) is 0 Å². The third-order valence-corrected chi connectivity index (χ3v) is 4.23. The van der Waals surface area contributed by atoms with Crippen molar-refractivity contribution in [1.82, 2.24) is 10.4 Å². The zero-order chi connectivity index (χ0) is 17.1. The maximum atomic E-state index is 12.2. The lowest BCUT2D eigenvalue weighted by Crippen LogP contribution is -2.21. The summed E-state index contributed by atoms with van der Waals surface area (Å²) in [5, 5.41) is 4.89. The largest absolute Gasteiger partial charge is 0.435 e. The fraction of sp³-hybridized carbons (Fsp3) is 0.294. The summed E-state index contributed by atoms with van der Waals surface area (Å²) in [6.45, 7) is -0.746. The third-order valence-electron chi connectivity index (χ3n) is 4.00. The van der Waals surface area contributed by atoms with Gasteiger partial charge in [0.1, 0.15) is 10.9 Å². The van der Waals surface area contributed by atoms with Crippen LogP contribution >= 0.6 is 11.6 Å². The van der Waals surface area contributed by atoms with E-state index in [1.807, 2.05) is 6.07 Å². The Morgan fingerprint density at radius 1 is 1.21 bits per heavy atom. The van der Waals surface area contributed by atoms with E-state index in [0.29, 0.717) is 5.15 Å². The first kappa shape index (κ1) is 16.6. The van der Waals surface area contributed by atoms with Crippen molar-refractivity contribution in [2.24, 2.45) is 11.0 Å². The van der Waals surface area contributed by atoms with Gasteiger partial charge in [0.15, 0.2) is 0 Å². The highest BCUT2D eigenvalue weighted by Gasteiger charge is 2.32. The van der Waals surface area contributed by atoms with Gasteiger partial charge in [0, 0.05) is 12.1 Å². The quantitative estimate of drug-likeness (QED) is 0.811. The lowest BCUT2D eigenvalue weighted by Gasteiger charge is -2.19. The number of rotatable bonds is 5. The minimum atomic E-state index is -2.83. The number of alkyl halides is 2. The van der Waals surface area contributed by atoms with Gasteiger partial charge in [0.05, 0.1) is 11.8 Å². The SMILES string of the molecule is CCC1C(c2ccc(OC(F)F)cc2)=NNC1c1ccc(Cl)nc1. The first-order valence-electron chi connectivity index (χ1n) is 7.58. The Balaban J connectivity index is 1.80. The van der Waals surface area contributed by atoms with Gasteiger partial charge >= 0.3 is 6.61 Å². The molecule has 0 aliphatic carbocycles. The molecule has 2 atom stereocenters. The molecule has 1 aliphatic rings. The third kappa shape index (κ3) is 3.48. The van der Waals surface area contributed by atoms with Crippen LogP contribution in [0.1, 0.15) is 30.5 Å². The van der Waals surface area contributed by atoms with Gasteiger partial charge in [0.25, 0.3) is 0 Å². The Bertz CT molecular complexity index is 720. The highest BCUT2D eigenvalue weighted by atomic mass is 35.5. The van der Waals surface area contributed by atoms with E-state index in [4.69, 9.17) is 11.6 Å². The lowest BCUT2D eigenvalue weighted by atomic mass is 9.86. The summed E-state index contributed by atoms with van der Waals surface area (Å²) in [6, 6.07) is 10.2. The molecule has 0 saturated carbocycles. The van der Waals surface area contributed by atoms with E-state index in [2.05, 4.69) is 27.2 Å². The summed E-state index contributed by atoms with van der Waals surface area (Å²) in [5.41, 5.74) is 5.91. The van der Waals surface area contributed by atoms with Crippen molar-refractivity contribution in [3.63, 3.8) is 0 Å². The molecule has 1 aliphatic heterocycles.